The SMILES string of the molecule is Cc1cc(C)c(NC(=O)CNC(=O)c2cc(-c3cccc(F)c3)no2)c(C)c1. The first kappa shape index (κ1) is 19.3. The standard InChI is InChI=1S/C21H20FN3O3/c1-12-7-13(2)20(14(3)8-12)24-19(26)11-23-21(27)18-10-17(25-28-18)15-5-4-6-16(22)9-15/h4-10H,11H2,1-3H3,(H,23,27)(H,24,26). The minimum Gasteiger partial charge on any atom is -0.350 e. The Bertz CT molecular complexity index is 1020. The van der Waals surface area contributed by atoms with Crippen molar-refractivity contribution in [2.75, 3.05) is 11.9 Å². The third kappa shape index (κ3) is 4.43. The van der Waals surface area contributed by atoms with E-state index in [1.165, 1.54) is 18.2 Å². The van der Waals surface area contributed by atoms with Crippen molar-refractivity contribution in [1.29, 1.82) is 0 Å². The summed E-state index contributed by atoms with van der Waals surface area (Å²) >= 11 is 0. The Morgan fingerprint density at radius 1 is 1.07 bits per heavy atom. The van der Waals surface area contributed by atoms with Gasteiger partial charge in [0.25, 0.3) is 5.91 Å². The molecule has 3 aromatic rings. The summed E-state index contributed by atoms with van der Waals surface area (Å²) in [6.07, 6.45) is 0. The maximum Gasteiger partial charge on any atom is 0.290 e. The van der Waals surface area contributed by atoms with Crippen molar-refractivity contribution in [2.45, 2.75) is 20.8 Å². The smallest absolute Gasteiger partial charge is 0.290 e. The monoisotopic (exact) mass is 381 g/mol. The maximum absolute atomic E-state index is 13.3. The molecule has 0 radical (unpaired) electrons. The molecule has 2 N–H and O–H groups in total. The van der Waals surface area contributed by atoms with E-state index in [1.54, 1.807) is 12.1 Å². The highest BCUT2D eigenvalue weighted by Gasteiger charge is 2.16. The summed E-state index contributed by atoms with van der Waals surface area (Å²) in [5, 5.41) is 9.07. The molecule has 28 heavy (non-hydrogen) atoms. The number of anilines is 1. The Hall–Kier alpha value is -3.48. The van der Waals surface area contributed by atoms with E-state index >= 15 is 0 Å². The van der Waals surface area contributed by atoms with Crippen molar-refractivity contribution in [1.82, 2.24) is 10.5 Å². The van der Waals surface area contributed by atoms with Gasteiger partial charge in [0.2, 0.25) is 11.7 Å². The summed E-state index contributed by atoms with van der Waals surface area (Å²) in [6.45, 7) is 5.59. The zero-order valence-electron chi connectivity index (χ0n) is 15.8. The minimum absolute atomic E-state index is 0.0604. The van der Waals surface area contributed by atoms with E-state index in [1.807, 2.05) is 32.9 Å². The molecule has 2 aromatic carbocycles. The number of carbonyl (C=O) groups excluding carboxylic acids is 2. The highest BCUT2D eigenvalue weighted by atomic mass is 19.1. The van der Waals surface area contributed by atoms with Crippen molar-refractivity contribution in [3.05, 3.63) is 70.7 Å². The maximum atomic E-state index is 13.3. The molecule has 0 unspecified atom stereocenters. The van der Waals surface area contributed by atoms with E-state index in [0.29, 0.717) is 11.3 Å². The van der Waals surface area contributed by atoms with Crippen molar-refractivity contribution in [3.8, 4) is 11.3 Å². The third-order valence-electron chi connectivity index (χ3n) is 4.21. The van der Waals surface area contributed by atoms with Gasteiger partial charge in [-0.3, -0.25) is 9.59 Å². The molecule has 0 aliphatic rings. The van der Waals surface area contributed by atoms with Crippen LogP contribution in [0.4, 0.5) is 10.1 Å². The average Bonchev–Trinajstić information content (AvgIpc) is 3.13. The lowest BCUT2D eigenvalue weighted by atomic mass is 10.1. The van der Waals surface area contributed by atoms with Crippen LogP contribution in [-0.2, 0) is 4.79 Å². The summed E-state index contributed by atoms with van der Waals surface area (Å²) in [5.74, 6) is -1.41. The normalized spacial score (nSPS) is 10.6. The van der Waals surface area contributed by atoms with Crippen LogP contribution in [0.5, 0.6) is 0 Å². The highest BCUT2D eigenvalue weighted by Crippen LogP contribution is 2.22. The van der Waals surface area contributed by atoms with E-state index in [0.717, 1.165) is 22.4 Å². The Kier molecular flexibility index (Phi) is 5.54. The molecule has 0 fully saturated rings. The number of halogens is 1. The number of benzene rings is 2. The number of nitrogens with zero attached hydrogens (tertiary/aromatic N) is 1. The molecular weight excluding hydrogens is 361 g/mol. The second-order valence-corrected chi connectivity index (χ2v) is 6.59. The van der Waals surface area contributed by atoms with Gasteiger partial charge in [0.15, 0.2) is 0 Å². The number of carbonyl (C=O) groups is 2. The largest absolute Gasteiger partial charge is 0.350 e. The Morgan fingerprint density at radius 2 is 1.79 bits per heavy atom. The fourth-order valence-electron chi connectivity index (χ4n) is 2.97. The minimum atomic E-state index is -0.581. The first-order chi connectivity index (χ1) is 13.3. The molecule has 0 spiro atoms. The second kappa shape index (κ2) is 8.04. The van der Waals surface area contributed by atoms with Gasteiger partial charge in [-0.05, 0) is 44.0 Å². The number of aromatic nitrogens is 1. The Morgan fingerprint density at radius 3 is 2.46 bits per heavy atom. The molecule has 6 nitrogen and oxygen atoms in total. The Labute approximate surface area is 161 Å². The van der Waals surface area contributed by atoms with Crippen LogP contribution in [0.15, 0.2) is 47.0 Å². The molecule has 0 saturated heterocycles. The summed E-state index contributed by atoms with van der Waals surface area (Å²) in [4.78, 5) is 24.4. The van der Waals surface area contributed by atoms with Gasteiger partial charge in [0, 0.05) is 17.3 Å². The topological polar surface area (TPSA) is 84.2 Å². The first-order valence-corrected chi connectivity index (χ1v) is 8.72. The molecule has 3 rings (SSSR count). The van der Waals surface area contributed by atoms with Crippen molar-refractivity contribution >= 4 is 17.5 Å². The predicted molar refractivity (Wildman–Crippen MR) is 104 cm³/mol. The van der Waals surface area contributed by atoms with E-state index in [9.17, 15) is 14.0 Å². The second-order valence-electron chi connectivity index (χ2n) is 6.59. The predicted octanol–water partition coefficient (Wildman–Crippen LogP) is 3.77. The quantitative estimate of drug-likeness (QED) is 0.705. The number of rotatable bonds is 5. The van der Waals surface area contributed by atoms with Crippen LogP contribution in [-0.4, -0.2) is 23.5 Å². The zero-order chi connectivity index (χ0) is 20.3. The van der Waals surface area contributed by atoms with Gasteiger partial charge in [-0.1, -0.05) is 35.0 Å². The van der Waals surface area contributed by atoms with Gasteiger partial charge in [-0.15, -0.1) is 0 Å². The van der Waals surface area contributed by atoms with Crippen LogP contribution in [0.2, 0.25) is 0 Å². The zero-order valence-corrected chi connectivity index (χ0v) is 15.8. The van der Waals surface area contributed by atoms with E-state index in [2.05, 4.69) is 15.8 Å². The molecule has 144 valence electrons. The van der Waals surface area contributed by atoms with Gasteiger partial charge in [-0.2, -0.15) is 0 Å². The molecule has 7 heteroatoms. The van der Waals surface area contributed by atoms with Crippen LogP contribution in [0.25, 0.3) is 11.3 Å². The average molecular weight is 381 g/mol. The van der Waals surface area contributed by atoms with Crippen molar-refractivity contribution in [2.24, 2.45) is 0 Å². The summed E-state index contributed by atoms with van der Waals surface area (Å²) < 4.78 is 18.3. The lowest BCUT2D eigenvalue weighted by molar-refractivity contribution is -0.115. The molecule has 1 heterocycles. The molecule has 0 aliphatic carbocycles. The lowest BCUT2D eigenvalue weighted by Gasteiger charge is -2.13. The number of aryl methyl sites for hydroxylation is 3. The van der Waals surface area contributed by atoms with Crippen LogP contribution in [0.1, 0.15) is 27.2 Å². The fourth-order valence-corrected chi connectivity index (χ4v) is 2.97. The number of hydrogen-bond donors (Lipinski definition) is 2. The number of hydrogen-bond acceptors (Lipinski definition) is 4. The van der Waals surface area contributed by atoms with Crippen molar-refractivity contribution in [3.63, 3.8) is 0 Å². The third-order valence-corrected chi connectivity index (χ3v) is 4.21. The number of nitrogens with one attached hydrogen (secondary N) is 2. The van der Waals surface area contributed by atoms with Crippen molar-refractivity contribution < 1.29 is 18.5 Å². The first-order valence-electron chi connectivity index (χ1n) is 8.72. The van der Waals surface area contributed by atoms with Crippen LogP contribution in [0.3, 0.4) is 0 Å². The summed E-state index contributed by atoms with van der Waals surface area (Å²) in [7, 11) is 0. The fraction of sp³-hybridized carbons (Fsp3) is 0.190. The van der Waals surface area contributed by atoms with Crippen LogP contribution in [0, 0.1) is 26.6 Å². The van der Waals surface area contributed by atoms with Gasteiger partial charge < -0.3 is 15.2 Å². The van der Waals surface area contributed by atoms with Crippen LogP contribution >= 0.6 is 0 Å². The molecule has 2 amide bonds. The molecule has 0 saturated carbocycles. The summed E-state index contributed by atoms with van der Waals surface area (Å²) in [5.41, 5.74) is 4.57. The number of amides is 2. The molecule has 0 aliphatic heterocycles. The van der Waals surface area contributed by atoms with E-state index < -0.39 is 11.7 Å². The molecule has 0 bridgehead atoms. The van der Waals surface area contributed by atoms with Gasteiger partial charge in [0.1, 0.15) is 11.5 Å². The van der Waals surface area contributed by atoms with Gasteiger partial charge in [0.05, 0.1) is 6.54 Å². The van der Waals surface area contributed by atoms with Crippen LogP contribution < -0.4 is 10.6 Å². The van der Waals surface area contributed by atoms with Gasteiger partial charge in [-0.25, -0.2) is 4.39 Å². The van der Waals surface area contributed by atoms with Gasteiger partial charge >= 0.3 is 0 Å². The van der Waals surface area contributed by atoms with E-state index in [4.69, 9.17) is 4.52 Å². The summed E-state index contributed by atoms with van der Waals surface area (Å²) in [6, 6.07) is 11.1. The lowest BCUT2D eigenvalue weighted by Crippen LogP contribution is -2.33. The molecule has 0 atom stereocenters. The van der Waals surface area contributed by atoms with E-state index in [-0.39, 0.29) is 18.2 Å². The molecular formula is C21H20FN3O3. The highest BCUT2D eigenvalue weighted by molar-refractivity contribution is 5.99. The molecule has 1 aromatic heterocycles. The Balaban J connectivity index is 1.61.